The third-order valence-electron chi connectivity index (χ3n) is 7.87. The van der Waals surface area contributed by atoms with Gasteiger partial charge in [-0.25, -0.2) is 23.5 Å². The highest BCUT2D eigenvalue weighted by Crippen LogP contribution is 2.26. The Kier molecular flexibility index (Phi) is 8.95. The lowest BCUT2D eigenvalue weighted by Crippen LogP contribution is -2.38. The van der Waals surface area contributed by atoms with Crippen molar-refractivity contribution in [1.82, 2.24) is 29.0 Å². The highest BCUT2D eigenvalue weighted by Gasteiger charge is 2.25. The summed E-state index contributed by atoms with van der Waals surface area (Å²) >= 11 is 5.83. The van der Waals surface area contributed by atoms with Crippen LogP contribution in [0.5, 0.6) is 11.8 Å². The maximum atomic E-state index is 15.0. The van der Waals surface area contributed by atoms with E-state index < -0.39 is 17.6 Å². The first-order valence-electron chi connectivity index (χ1n) is 14.6. The van der Waals surface area contributed by atoms with Crippen molar-refractivity contribution in [2.75, 3.05) is 13.1 Å². The predicted molar refractivity (Wildman–Crippen MR) is 163 cm³/mol. The lowest BCUT2D eigenvalue weighted by molar-refractivity contribution is 0.0696. The number of benzene rings is 2. The number of piperidine rings is 1. The Bertz CT molecular complexity index is 1840. The molecule has 3 aromatic heterocycles. The second-order valence-corrected chi connectivity index (χ2v) is 11.3. The van der Waals surface area contributed by atoms with Crippen LogP contribution in [0, 0.1) is 11.6 Å². The maximum absolute atomic E-state index is 15.0. The number of aryl methyl sites for hydroxylation is 1. The number of imidazole rings is 2. The first-order valence-corrected chi connectivity index (χ1v) is 15.0. The molecule has 1 N–H and O–H groups in total. The zero-order chi connectivity index (χ0) is 31.5. The van der Waals surface area contributed by atoms with Gasteiger partial charge in [0, 0.05) is 48.5 Å². The van der Waals surface area contributed by atoms with E-state index in [1.54, 1.807) is 42.9 Å². The summed E-state index contributed by atoms with van der Waals surface area (Å²) in [5.41, 5.74) is 1.71. The number of halogens is 3. The van der Waals surface area contributed by atoms with Crippen molar-refractivity contribution in [1.29, 1.82) is 0 Å². The average Bonchev–Trinajstić information content (AvgIpc) is 3.62. The number of likely N-dealkylation sites (tertiary alicyclic amines) is 1. The van der Waals surface area contributed by atoms with E-state index in [0.29, 0.717) is 66.4 Å². The van der Waals surface area contributed by atoms with Crippen molar-refractivity contribution >= 4 is 28.6 Å². The van der Waals surface area contributed by atoms with Gasteiger partial charge in [-0.15, -0.1) is 0 Å². The normalized spacial score (nSPS) is 14.2. The van der Waals surface area contributed by atoms with Crippen LogP contribution in [0.25, 0.3) is 11.0 Å². The summed E-state index contributed by atoms with van der Waals surface area (Å²) in [4.78, 5) is 27.2. The van der Waals surface area contributed by atoms with Crippen LogP contribution < -0.4 is 9.47 Å². The number of hydrogen-bond acceptors (Lipinski definition) is 7. The fraction of sp³-hybridized carbons (Fsp3) is 0.312. The van der Waals surface area contributed by atoms with Crippen LogP contribution in [0.1, 0.15) is 47.2 Å². The number of aromatic carboxylic acids is 1. The highest BCUT2D eigenvalue weighted by atomic mass is 35.5. The summed E-state index contributed by atoms with van der Waals surface area (Å²) in [5, 5.41) is 9.86. The van der Waals surface area contributed by atoms with E-state index in [4.69, 9.17) is 21.1 Å². The van der Waals surface area contributed by atoms with Crippen LogP contribution in [0.15, 0.2) is 61.1 Å². The number of aromatic nitrogens is 5. The first-order chi connectivity index (χ1) is 21.8. The second-order valence-electron chi connectivity index (χ2n) is 10.8. The van der Waals surface area contributed by atoms with Gasteiger partial charge in [0.1, 0.15) is 29.9 Å². The van der Waals surface area contributed by atoms with Gasteiger partial charge in [-0.3, -0.25) is 4.90 Å². The molecule has 13 heteroatoms. The standard InChI is InChI=1S/C32H31ClF2N6O4/c1-2-40-19-36-15-23(40)16-41-27-13-21(32(42)43)12-26(35)31(27)37-28(41)17-39-10-8-24(9-11-39)45-30-5-3-4-29(38-30)44-18-20-6-7-22(33)14-25(20)34/h3-7,12-15,19,24H,2,8-11,16-18H2,1H3,(H,42,43). The van der Waals surface area contributed by atoms with Crippen LogP contribution in [-0.2, 0) is 26.2 Å². The molecule has 0 radical (unpaired) electrons. The molecule has 10 nitrogen and oxygen atoms in total. The molecule has 2 aromatic carbocycles. The summed E-state index contributed by atoms with van der Waals surface area (Å²) in [5.74, 6) is -0.938. The first kappa shape index (κ1) is 30.5. The molecule has 0 aliphatic carbocycles. The third kappa shape index (κ3) is 6.91. The van der Waals surface area contributed by atoms with Crippen molar-refractivity contribution < 1.29 is 28.2 Å². The number of carbonyl (C=O) groups is 1. The van der Waals surface area contributed by atoms with Gasteiger partial charge in [-0.2, -0.15) is 4.98 Å². The molecule has 45 heavy (non-hydrogen) atoms. The minimum absolute atomic E-state index is 0.00488. The SMILES string of the molecule is CCn1cncc1Cn1c(CN2CCC(Oc3cccc(OCc4ccc(Cl)cc4F)n3)CC2)nc2c(F)cc(C(=O)O)cc21. The minimum Gasteiger partial charge on any atom is -0.478 e. The summed E-state index contributed by atoms with van der Waals surface area (Å²) in [6, 6.07) is 12.1. The Hall–Kier alpha value is -4.55. The zero-order valence-electron chi connectivity index (χ0n) is 24.5. The van der Waals surface area contributed by atoms with Crippen molar-refractivity contribution in [3.05, 3.63) is 100 Å². The summed E-state index contributed by atoms with van der Waals surface area (Å²) in [6.07, 6.45) is 4.86. The molecule has 4 heterocycles. The number of nitrogens with zero attached hydrogens (tertiary/aromatic N) is 6. The monoisotopic (exact) mass is 636 g/mol. The number of ether oxygens (including phenoxy) is 2. The van der Waals surface area contributed by atoms with Gasteiger partial charge >= 0.3 is 5.97 Å². The third-order valence-corrected chi connectivity index (χ3v) is 8.10. The molecule has 0 unspecified atom stereocenters. The van der Waals surface area contributed by atoms with Crippen LogP contribution in [0.2, 0.25) is 5.02 Å². The smallest absolute Gasteiger partial charge is 0.335 e. The molecular weight excluding hydrogens is 606 g/mol. The van der Waals surface area contributed by atoms with Crippen LogP contribution in [0.4, 0.5) is 8.78 Å². The Balaban J connectivity index is 1.12. The Morgan fingerprint density at radius 1 is 1.04 bits per heavy atom. The quantitative estimate of drug-likeness (QED) is 0.190. The van der Waals surface area contributed by atoms with Gasteiger partial charge in [-0.1, -0.05) is 23.7 Å². The van der Waals surface area contributed by atoms with Gasteiger partial charge in [-0.05, 0) is 44.0 Å². The van der Waals surface area contributed by atoms with Crippen molar-refractivity contribution in [3.8, 4) is 11.8 Å². The molecule has 5 aromatic rings. The van der Waals surface area contributed by atoms with Crippen LogP contribution in [-0.4, -0.2) is 59.3 Å². The molecule has 1 saturated heterocycles. The van der Waals surface area contributed by atoms with Crippen molar-refractivity contribution in [3.63, 3.8) is 0 Å². The fourth-order valence-electron chi connectivity index (χ4n) is 5.46. The number of hydrogen-bond donors (Lipinski definition) is 1. The van der Waals surface area contributed by atoms with E-state index >= 15 is 4.39 Å². The number of rotatable bonds is 11. The molecule has 0 spiro atoms. The number of carboxylic acids is 1. The van der Waals surface area contributed by atoms with Gasteiger partial charge < -0.3 is 23.7 Å². The second kappa shape index (κ2) is 13.2. The highest BCUT2D eigenvalue weighted by molar-refractivity contribution is 6.30. The molecule has 0 bridgehead atoms. The fourth-order valence-corrected chi connectivity index (χ4v) is 5.62. The topological polar surface area (TPSA) is 108 Å². The van der Waals surface area contributed by atoms with Crippen molar-refractivity contribution in [2.24, 2.45) is 0 Å². The molecule has 1 aliphatic heterocycles. The number of pyridine rings is 1. The zero-order valence-corrected chi connectivity index (χ0v) is 25.3. The van der Waals surface area contributed by atoms with Crippen LogP contribution in [0.3, 0.4) is 0 Å². The van der Waals surface area contributed by atoms with Gasteiger partial charge in [0.15, 0.2) is 5.82 Å². The van der Waals surface area contributed by atoms with E-state index in [0.717, 1.165) is 24.6 Å². The maximum Gasteiger partial charge on any atom is 0.335 e. The lowest BCUT2D eigenvalue weighted by atomic mass is 10.1. The van der Waals surface area contributed by atoms with E-state index in [2.05, 4.69) is 19.9 Å². The van der Waals surface area contributed by atoms with Gasteiger partial charge in [0.25, 0.3) is 0 Å². The predicted octanol–water partition coefficient (Wildman–Crippen LogP) is 5.95. The Labute approximate surface area is 262 Å². The molecule has 0 atom stereocenters. The van der Waals surface area contributed by atoms with E-state index in [9.17, 15) is 14.3 Å². The summed E-state index contributed by atoms with van der Waals surface area (Å²) in [6.45, 7) is 4.96. The molecule has 6 rings (SSSR count). The Morgan fingerprint density at radius 2 is 1.84 bits per heavy atom. The Morgan fingerprint density at radius 3 is 2.60 bits per heavy atom. The van der Waals surface area contributed by atoms with Crippen LogP contribution >= 0.6 is 11.6 Å². The number of fused-ring (bicyclic) bond motifs is 1. The van der Waals surface area contributed by atoms with E-state index in [-0.39, 0.29) is 23.8 Å². The summed E-state index contributed by atoms with van der Waals surface area (Å²) < 4.78 is 44.8. The molecule has 0 saturated carbocycles. The lowest BCUT2D eigenvalue weighted by Gasteiger charge is -2.31. The van der Waals surface area contributed by atoms with E-state index in [1.165, 1.54) is 12.1 Å². The molecule has 0 amide bonds. The van der Waals surface area contributed by atoms with Gasteiger partial charge in [0.05, 0.1) is 36.2 Å². The molecule has 1 aliphatic rings. The van der Waals surface area contributed by atoms with E-state index in [1.807, 2.05) is 16.1 Å². The molecule has 1 fully saturated rings. The van der Waals surface area contributed by atoms with Gasteiger partial charge in [0.2, 0.25) is 11.8 Å². The number of carboxylic acid groups (broad SMARTS) is 1. The molecular formula is C32H31ClF2N6O4. The molecule has 234 valence electrons. The average molecular weight is 637 g/mol. The largest absolute Gasteiger partial charge is 0.478 e. The minimum atomic E-state index is -1.20. The summed E-state index contributed by atoms with van der Waals surface area (Å²) in [7, 11) is 0. The van der Waals surface area contributed by atoms with Crippen molar-refractivity contribution in [2.45, 2.75) is 52.1 Å².